The lowest BCUT2D eigenvalue weighted by molar-refractivity contribution is -0.149. The summed E-state index contributed by atoms with van der Waals surface area (Å²) < 4.78 is 5.69. The molecule has 2 saturated heterocycles. The smallest absolute Gasteiger partial charge is 0.248 e. The molecule has 1 amide bonds. The van der Waals surface area contributed by atoms with Gasteiger partial charge in [-0.25, -0.2) is 4.98 Å². The van der Waals surface area contributed by atoms with Gasteiger partial charge >= 0.3 is 0 Å². The number of nitrogens with zero attached hydrogens (tertiary/aromatic N) is 4. The van der Waals surface area contributed by atoms with Gasteiger partial charge in [-0.05, 0) is 56.7 Å². The third kappa shape index (κ3) is 5.29. The van der Waals surface area contributed by atoms with Crippen molar-refractivity contribution in [2.24, 2.45) is 11.8 Å². The molecule has 8 nitrogen and oxygen atoms in total. The van der Waals surface area contributed by atoms with Gasteiger partial charge in [-0.2, -0.15) is 4.98 Å². The van der Waals surface area contributed by atoms with Crippen molar-refractivity contribution < 1.29 is 9.53 Å². The molecule has 2 aliphatic heterocycles. The van der Waals surface area contributed by atoms with Gasteiger partial charge in [0.15, 0.2) is 0 Å². The van der Waals surface area contributed by atoms with Crippen LogP contribution in [0.15, 0.2) is 12.3 Å². The van der Waals surface area contributed by atoms with Crippen LogP contribution in [-0.4, -0.2) is 77.7 Å². The van der Waals surface area contributed by atoms with Crippen molar-refractivity contribution in [2.75, 3.05) is 56.9 Å². The molecular formula is C19H30N6O2. The summed E-state index contributed by atoms with van der Waals surface area (Å²) in [5.41, 5.74) is 5.60. The predicted octanol–water partition coefficient (Wildman–Crippen LogP) is 0.820. The largest absolute Gasteiger partial charge is 0.368 e. The topological polar surface area (TPSA) is 96.6 Å². The molecule has 1 unspecified atom stereocenters. The van der Waals surface area contributed by atoms with Crippen LogP contribution >= 0.6 is 0 Å². The molecule has 27 heavy (non-hydrogen) atoms. The maximum Gasteiger partial charge on any atom is 0.248 e. The fourth-order valence-electron chi connectivity index (χ4n) is 4.00. The fraction of sp³-hybridized carbons (Fsp3) is 0.737. The molecule has 1 aromatic rings. The number of ether oxygens (including phenoxy) is 1. The highest BCUT2D eigenvalue weighted by Crippen LogP contribution is 2.31. The number of hydrogen-bond donors (Lipinski definition) is 2. The standard InChI is InChI=1S/C19H30N6O2/c20-19-21-6-3-17(23-19)22-9-16-12-25(18(26)13-27-16)11-15-4-7-24(8-5-15)10-14-1-2-14/h3,6,14-16H,1-2,4-5,7-13H2,(H3,20,21,22,23). The van der Waals surface area contributed by atoms with Crippen molar-refractivity contribution in [1.82, 2.24) is 19.8 Å². The highest BCUT2D eigenvalue weighted by Gasteiger charge is 2.31. The van der Waals surface area contributed by atoms with E-state index < -0.39 is 0 Å². The van der Waals surface area contributed by atoms with Crippen LogP contribution in [-0.2, 0) is 9.53 Å². The van der Waals surface area contributed by atoms with E-state index in [4.69, 9.17) is 10.5 Å². The van der Waals surface area contributed by atoms with Crippen molar-refractivity contribution >= 4 is 17.7 Å². The Morgan fingerprint density at radius 3 is 2.70 bits per heavy atom. The van der Waals surface area contributed by atoms with Crippen LogP contribution in [0.3, 0.4) is 0 Å². The Hall–Kier alpha value is -1.93. The fourth-order valence-corrected chi connectivity index (χ4v) is 4.00. The zero-order chi connectivity index (χ0) is 18.6. The normalized spacial score (nSPS) is 25.0. The first-order chi connectivity index (χ1) is 13.2. The van der Waals surface area contributed by atoms with E-state index in [-0.39, 0.29) is 24.6 Å². The van der Waals surface area contributed by atoms with E-state index in [1.165, 1.54) is 45.3 Å². The van der Waals surface area contributed by atoms with Crippen LogP contribution in [0.5, 0.6) is 0 Å². The number of likely N-dealkylation sites (tertiary alicyclic amines) is 1. The highest BCUT2D eigenvalue weighted by molar-refractivity contribution is 5.78. The van der Waals surface area contributed by atoms with E-state index in [9.17, 15) is 4.79 Å². The van der Waals surface area contributed by atoms with Gasteiger partial charge in [0.25, 0.3) is 0 Å². The van der Waals surface area contributed by atoms with E-state index in [1.54, 1.807) is 12.3 Å². The van der Waals surface area contributed by atoms with Crippen LogP contribution in [0.4, 0.5) is 11.8 Å². The molecule has 4 rings (SSSR count). The van der Waals surface area contributed by atoms with Gasteiger partial charge < -0.3 is 25.6 Å². The number of piperidine rings is 1. The Morgan fingerprint density at radius 2 is 1.96 bits per heavy atom. The van der Waals surface area contributed by atoms with Gasteiger partial charge in [0.05, 0.1) is 6.10 Å². The summed E-state index contributed by atoms with van der Waals surface area (Å²) in [7, 11) is 0. The van der Waals surface area contributed by atoms with Gasteiger partial charge in [0.1, 0.15) is 12.4 Å². The molecule has 3 heterocycles. The summed E-state index contributed by atoms with van der Waals surface area (Å²) in [6.07, 6.45) is 6.81. The third-order valence-corrected chi connectivity index (χ3v) is 5.80. The molecule has 3 N–H and O–H groups in total. The summed E-state index contributed by atoms with van der Waals surface area (Å²) in [4.78, 5) is 24.9. The number of hydrogen-bond acceptors (Lipinski definition) is 7. The second-order valence-corrected chi connectivity index (χ2v) is 8.10. The molecule has 1 saturated carbocycles. The van der Waals surface area contributed by atoms with Crippen molar-refractivity contribution in [3.05, 3.63) is 12.3 Å². The number of nitrogens with two attached hydrogens (primary N) is 1. The average Bonchev–Trinajstić information content (AvgIpc) is 3.48. The molecule has 0 bridgehead atoms. The molecule has 0 radical (unpaired) electrons. The molecule has 1 aliphatic carbocycles. The number of nitrogen functional groups attached to an aromatic ring is 1. The maximum absolute atomic E-state index is 12.3. The lowest BCUT2D eigenvalue weighted by Crippen LogP contribution is -2.51. The molecule has 8 heteroatoms. The van der Waals surface area contributed by atoms with Crippen molar-refractivity contribution in [3.8, 4) is 0 Å². The zero-order valence-corrected chi connectivity index (χ0v) is 15.8. The Balaban J connectivity index is 1.22. The summed E-state index contributed by atoms with van der Waals surface area (Å²) in [5.74, 6) is 2.60. The number of carbonyl (C=O) groups is 1. The maximum atomic E-state index is 12.3. The Kier molecular flexibility index (Phi) is 5.73. The number of morpholine rings is 1. The molecule has 1 aromatic heterocycles. The van der Waals surface area contributed by atoms with Gasteiger partial charge in [-0.1, -0.05) is 0 Å². The van der Waals surface area contributed by atoms with Crippen LogP contribution in [0.1, 0.15) is 25.7 Å². The van der Waals surface area contributed by atoms with Crippen molar-refractivity contribution in [2.45, 2.75) is 31.8 Å². The molecule has 3 fully saturated rings. The van der Waals surface area contributed by atoms with E-state index in [1.807, 2.05) is 4.90 Å². The molecular weight excluding hydrogens is 344 g/mol. The minimum absolute atomic E-state index is 0.0335. The summed E-state index contributed by atoms with van der Waals surface area (Å²) in [5, 5.41) is 3.22. The van der Waals surface area contributed by atoms with Crippen LogP contribution in [0, 0.1) is 11.8 Å². The van der Waals surface area contributed by atoms with E-state index >= 15 is 0 Å². The quantitative estimate of drug-likeness (QED) is 0.729. The average molecular weight is 374 g/mol. The van der Waals surface area contributed by atoms with E-state index in [2.05, 4.69) is 20.2 Å². The minimum atomic E-state index is -0.0335. The number of rotatable bonds is 7. The minimum Gasteiger partial charge on any atom is -0.368 e. The first kappa shape index (κ1) is 18.4. The Labute approximate surface area is 160 Å². The van der Waals surface area contributed by atoms with Gasteiger partial charge in [0.2, 0.25) is 11.9 Å². The molecule has 0 spiro atoms. The number of carbonyl (C=O) groups excluding carboxylic acids is 1. The number of anilines is 2. The third-order valence-electron chi connectivity index (χ3n) is 5.80. The van der Waals surface area contributed by atoms with Crippen LogP contribution < -0.4 is 11.1 Å². The summed E-state index contributed by atoms with van der Waals surface area (Å²) in [6.45, 7) is 5.90. The van der Waals surface area contributed by atoms with Gasteiger partial charge in [0, 0.05) is 32.4 Å². The molecule has 148 valence electrons. The zero-order valence-electron chi connectivity index (χ0n) is 15.8. The molecule has 0 aromatic carbocycles. The highest BCUT2D eigenvalue weighted by atomic mass is 16.5. The predicted molar refractivity (Wildman–Crippen MR) is 103 cm³/mol. The lowest BCUT2D eigenvalue weighted by atomic mass is 9.95. The number of amides is 1. The van der Waals surface area contributed by atoms with Crippen molar-refractivity contribution in [3.63, 3.8) is 0 Å². The second kappa shape index (κ2) is 8.39. The SMILES string of the molecule is Nc1nccc(NCC2CN(CC3CCN(CC4CC4)CC3)C(=O)CO2)n1. The Bertz CT molecular complexity index is 645. The first-order valence-corrected chi connectivity index (χ1v) is 10.1. The Morgan fingerprint density at radius 1 is 1.19 bits per heavy atom. The monoisotopic (exact) mass is 374 g/mol. The first-order valence-electron chi connectivity index (χ1n) is 10.1. The van der Waals surface area contributed by atoms with Crippen LogP contribution in [0.2, 0.25) is 0 Å². The summed E-state index contributed by atoms with van der Waals surface area (Å²) >= 11 is 0. The second-order valence-electron chi connectivity index (χ2n) is 8.10. The number of aromatic nitrogens is 2. The van der Waals surface area contributed by atoms with E-state index in [0.717, 1.165) is 12.5 Å². The van der Waals surface area contributed by atoms with E-state index in [0.29, 0.717) is 24.8 Å². The summed E-state index contributed by atoms with van der Waals surface area (Å²) in [6, 6.07) is 1.78. The number of nitrogens with one attached hydrogen (secondary N) is 1. The van der Waals surface area contributed by atoms with Gasteiger partial charge in [-0.15, -0.1) is 0 Å². The van der Waals surface area contributed by atoms with Crippen molar-refractivity contribution in [1.29, 1.82) is 0 Å². The van der Waals surface area contributed by atoms with Gasteiger partial charge in [-0.3, -0.25) is 4.79 Å². The molecule has 1 atom stereocenters. The van der Waals surface area contributed by atoms with Crippen LogP contribution in [0.25, 0.3) is 0 Å². The lowest BCUT2D eigenvalue weighted by Gasteiger charge is -2.38. The molecule has 3 aliphatic rings.